The number of fused-ring (bicyclic) bond motifs is 1. The van der Waals surface area contributed by atoms with Gasteiger partial charge < -0.3 is 0 Å². The number of thiophene rings is 1. The zero-order chi connectivity index (χ0) is 11.3. The normalized spacial score (nSPS) is 12.3. The highest BCUT2D eigenvalue weighted by Crippen LogP contribution is 2.35. The Morgan fingerprint density at radius 1 is 1.40 bits per heavy atom. The molecule has 0 saturated carbocycles. The van der Waals surface area contributed by atoms with Crippen LogP contribution in [0.2, 0.25) is 0 Å². The minimum Gasteiger partial charge on any atom is -0.136 e. The van der Waals surface area contributed by atoms with Gasteiger partial charge in [-0.15, -0.1) is 24.5 Å². The Labute approximate surface area is 96.0 Å². The zero-order valence-corrected chi connectivity index (χ0v) is 9.94. The first-order valence-corrected chi connectivity index (χ1v) is 5.75. The van der Waals surface area contributed by atoms with Gasteiger partial charge in [-0.25, -0.2) is 0 Å². The molecule has 0 nitrogen and oxygen atoms in total. The second-order valence-electron chi connectivity index (χ2n) is 3.03. The van der Waals surface area contributed by atoms with Gasteiger partial charge in [-0.05, 0) is 30.5 Å². The first kappa shape index (κ1) is 11.7. The molecule has 0 aliphatic heterocycles. The van der Waals surface area contributed by atoms with Crippen molar-refractivity contribution in [3.05, 3.63) is 52.8 Å². The summed E-state index contributed by atoms with van der Waals surface area (Å²) in [6.07, 6.45) is 11.7. The van der Waals surface area contributed by atoms with Crippen molar-refractivity contribution in [1.82, 2.24) is 0 Å². The standard InChI is InChI=1S/C12H12S.C2H4/c1-3-6-9-10-7-5-8-12(10)13-11(9)4-2;1-2/h3-6,8H,2,7H2,1H3;1-2H2/b6-3-;. The lowest BCUT2D eigenvalue weighted by molar-refractivity contribution is 1.32. The molecule has 0 saturated heterocycles. The van der Waals surface area contributed by atoms with Crippen LogP contribution in [-0.2, 0) is 6.42 Å². The van der Waals surface area contributed by atoms with E-state index in [9.17, 15) is 0 Å². The predicted octanol–water partition coefficient (Wildman–Crippen LogP) is 4.80. The Morgan fingerprint density at radius 2 is 2.13 bits per heavy atom. The van der Waals surface area contributed by atoms with Crippen LogP contribution < -0.4 is 0 Å². The lowest BCUT2D eigenvalue weighted by Gasteiger charge is -1.95. The van der Waals surface area contributed by atoms with Crippen molar-refractivity contribution >= 4 is 29.6 Å². The lowest BCUT2D eigenvalue weighted by Crippen LogP contribution is -1.80. The van der Waals surface area contributed by atoms with E-state index in [1.54, 1.807) is 0 Å². The molecule has 0 atom stereocenters. The van der Waals surface area contributed by atoms with Crippen molar-refractivity contribution in [2.45, 2.75) is 13.3 Å². The Bertz CT molecular complexity index is 405. The molecule has 1 aromatic rings. The summed E-state index contributed by atoms with van der Waals surface area (Å²) in [4.78, 5) is 2.70. The Balaban J connectivity index is 0.000000531. The van der Waals surface area contributed by atoms with Crippen LogP contribution in [0.5, 0.6) is 0 Å². The third-order valence-electron chi connectivity index (χ3n) is 2.22. The van der Waals surface area contributed by atoms with Crippen LogP contribution in [-0.4, -0.2) is 0 Å². The van der Waals surface area contributed by atoms with Gasteiger partial charge in [0, 0.05) is 9.75 Å². The molecule has 0 N–H and O–H groups in total. The van der Waals surface area contributed by atoms with Gasteiger partial charge >= 0.3 is 0 Å². The van der Waals surface area contributed by atoms with E-state index in [4.69, 9.17) is 0 Å². The van der Waals surface area contributed by atoms with Gasteiger partial charge in [0.15, 0.2) is 0 Å². The van der Waals surface area contributed by atoms with Gasteiger partial charge in [0.05, 0.1) is 0 Å². The third kappa shape index (κ3) is 2.18. The minimum atomic E-state index is 1.08. The molecule has 1 aliphatic carbocycles. The molecule has 0 aromatic carbocycles. The SMILES string of the molecule is C=C.C=Cc1sc2c(c1/C=C\C)CC=C2. The predicted molar refractivity (Wildman–Crippen MR) is 73.1 cm³/mol. The van der Waals surface area contributed by atoms with E-state index in [0.29, 0.717) is 0 Å². The summed E-state index contributed by atoms with van der Waals surface area (Å²) in [5.41, 5.74) is 2.83. The molecule has 15 heavy (non-hydrogen) atoms. The zero-order valence-electron chi connectivity index (χ0n) is 9.12. The molecule has 0 unspecified atom stereocenters. The van der Waals surface area contributed by atoms with Gasteiger partial charge in [0.2, 0.25) is 0 Å². The number of hydrogen-bond donors (Lipinski definition) is 0. The lowest BCUT2D eigenvalue weighted by atomic mass is 10.1. The van der Waals surface area contributed by atoms with E-state index >= 15 is 0 Å². The van der Waals surface area contributed by atoms with Gasteiger partial charge in [-0.1, -0.05) is 30.9 Å². The van der Waals surface area contributed by atoms with Crippen molar-refractivity contribution in [3.8, 4) is 0 Å². The molecule has 1 aromatic heterocycles. The number of hydrogen-bond acceptors (Lipinski definition) is 1. The van der Waals surface area contributed by atoms with Crippen molar-refractivity contribution in [1.29, 1.82) is 0 Å². The topological polar surface area (TPSA) is 0 Å². The molecular formula is C14H16S. The van der Waals surface area contributed by atoms with E-state index in [-0.39, 0.29) is 0 Å². The monoisotopic (exact) mass is 216 g/mol. The first-order chi connectivity index (χ1) is 7.36. The summed E-state index contributed by atoms with van der Waals surface area (Å²) in [5, 5.41) is 0. The van der Waals surface area contributed by atoms with Crippen molar-refractivity contribution < 1.29 is 0 Å². The highest BCUT2D eigenvalue weighted by molar-refractivity contribution is 7.14. The number of rotatable bonds is 2. The van der Waals surface area contributed by atoms with Crippen molar-refractivity contribution in [2.75, 3.05) is 0 Å². The molecule has 2 rings (SSSR count). The fraction of sp³-hybridized carbons (Fsp3) is 0.143. The summed E-state index contributed by atoms with van der Waals surface area (Å²) < 4.78 is 0. The molecule has 0 amide bonds. The Morgan fingerprint density at radius 3 is 2.73 bits per heavy atom. The van der Waals surface area contributed by atoms with E-state index in [2.05, 4.69) is 51.0 Å². The fourth-order valence-corrected chi connectivity index (χ4v) is 2.75. The average molecular weight is 216 g/mol. The maximum absolute atomic E-state index is 3.84. The van der Waals surface area contributed by atoms with E-state index < -0.39 is 0 Å². The van der Waals surface area contributed by atoms with Crippen LogP contribution in [0.15, 0.2) is 31.9 Å². The fourth-order valence-electron chi connectivity index (χ4n) is 1.65. The van der Waals surface area contributed by atoms with E-state index in [0.717, 1.165) is 6.42 Å². The molecule has 0 spiro atoms. The maximum atomic E-state index is 3.84. The van der Waals surface area contributed by atoms with Gasteiger partial charge in [-0.2, -0.15) is 0 Å². The van der Waals surface area contributed by atoms with Crippen molar-refractivity contribution in [3.63, 3.8) is 0 Å². The second kappa shape index (κ2) is 5.52. The summed E-state index contributed by atoms with van der Waals surface area (Å²) in [7, 11) is 0. The highest BCUT2D eigenvalue weighted by atomic mass is 32.1. The van der Waals surface area contributed by atoms with Crippen LogP contribution in [0.3, 0.4) is 0 Å². The van der Waals surface area contributed by atoms with Gasteiger partial charge in [0.25, 0.3) is 0 Å². The Kier molecular flexibility index (Phi) is 4.32. The van der Waals surface area contributed by atoms with E-state index in [1.807, 2.05) is 17.4 Å². The van der Waals surface area contributed by atoms with Crippen LogP contribution in [0, 0.1) is 0 Å². The van der Waals surface area contributed by atoms with Crippen LogP contribution >= 0.6 is 11.3 Å². The highest BCUT2D eigenvalue weighted by Gasteiger charge is 2.14. The maximum Gasteiger partial charge on any atom is 0.0346 e. The number of allylic oxidation sites excluding steroid dienone is 2. The Hall–Kier alpha value is -1.34. The van der Waals surface area contributed by atoms with Crippen LogP contribution in [0.4, 0.5) is 0 Å². The second-order valence-corrected chi connectivity index (χ2v) is 4.12. The first-order valence-electron chi connectivity index (χ1n) is 4.94. The molecule has 1 heterocycles. The van der Waals surface area contributed by atoms with Crippen LogP contribution in [0.25, 0.3) is 18.2 Å². The molecular weight excluding hydrogens is 200 g/mol. The summed E-state index contributed by atoms with van der Waals surface area (Å²) >= 11 is 1.83. The van der Waals surface area contributed by atoms with E-state index in [1.165, 1.54) is 20.9 Å². The molecule has 1 heteroatoms. The molecule has 0 radical (unpaired) electrons. The minimum absolute atomic E-state index is 1.08. The largest absolute Gasteiger partial charge is 0.136 e. The molecule has 0 bridgehead atoms. The van der Waals surface area contributed by atoms with Gasteiger partial charge in [0.1, 0.15) is 0 Å². The van der Waals surface area contributed by atoms with Gasteiger partial charge in [-0.3, -0.25) is 0 Å². The smallest absolute Gasteiger partial charge is 0.0346 e. The van der Waals surface area contributed by atoms with Crippen molar-refractivity contribution in [2.24, 2.45) is 0 Å². The third-order valence-corrected chi connectivity index (χ3v) is 3.43. The summed E-state index contributed by atoms with van der Waals surface area (Å²) in [6.45, 7) is 11.9. The summed E-state index contributed by atoms with van der Waals surface area (Å²) in [5.74, 6) is 0. The average Bonchev–Trinajstić information content (AvgIpc) is 2.84. The molecule has 78 valence electrons. The quantitative estimate of drug-likeness (QED) is 0.623. The van der Waals surface area contributed by atoms with Crippen LogP contribution in [0.1, 0.15) is 27.8 Å². The molecule has 0 fully saturated rings. The summed E-state index contributed by atoms with van der Waals surface area (Å²) in [6, 6.07) is 0. The molecule has 1 aliphatic rings.